The van der Waals surface area contributed by atoms with Gasteiger partial charge in [0, 0.05) is 23.7 Å². The maximum Gasteiger partial charge on any atom is 0.310 e. The number of benzene rings is 1. The predicted molar refractivity (Wildman–Crippen MR) is 70.2 cm³/mol. The zero-order valence-electron chi connectivity index (χ0n) is 10.9. The van der Waals surface area contributed by atoms with Gasteiger partial charge in [-0.25, -0.2) is 0 Å². The number of carbonyl (C=O) groups excluding carboxylic acids is 1. The molecule has 21 heavy (non-hydrogen) atoms. The number of hydrogen-bond acceptors (Lipinski definition) is 7. The molecule has 112 valence electrons. The molecule has 1 saturated carbocycles. The van der Waals surface area contributed by atoms with Gasteiger partial charge in [0.15, 0.2) is 0 Å². The number of ether oxygens (including phenoxy) is 1. The molecule has 2 atom stereocenters. The fourth-order valence-electron chi connectivity index (χ4n) is 2.03. The first-order valence-corrected chi connectivity index (χ1v) is 6.23. The third-order valence-electron chi connectivity index (χ3n) is 3.40. The number of nitrogens with two attached hydrogens (primary N) is 1. The first-order chi connectivity index (χ1) is 9.88. The Morgan fingerprint density at radius 1 is 1.19 bits per heavy atom. The van der Waals surface area contributed by atoms with Crippen LogP contribution in [0.25, 0.3) is 0 Å². The molecule has 2 rings (SSSR count). The van der Waals surface area contributed by atoms with Crippen LogP contribution in [0.5, 0.6) is 0 Å². The fraction of sp³-hybridized carbons (Fsp3) is 0.417. The van der Waals surface area contributed by atoms with E-state index < -0.39 is 27.2 Å². The van der Waals surface area contributed by atoms with Gasteiger partial charge in [0.1, 0.15) is 6.61 Å². The molecule has 0 aromatic heterocycles. The van der Waals surface area contributed by atoms with Gasteiger partial charge in [-0.05, 0) is 12.8 Å². The summed E-state index contributed by atoms with van der Waals surface area (Å²) < 4.78 is 5.01. The van der Waals surface area contributed by atoms with Crippen molar-refractivity contribution < 1.29 is 19.4 Å². The van der Waals surface area contributed by atoms with Crippen molar-refractivity contribution in [1.29, 1.82) is 0 Å². The second-order valence-corrected chi connectivity index (χ2v) is 4.83. The standard InChI is InChI=1S/C12H13N3O6/c13-11-2-1-10(11)12(16)21-6-7-3-8(14(17)18)5-9(4-7)15(19)20/h3-5,10-11H,1-2,6,13H2/t10-,11+/m1/s1. The summed E-state index contributed by atoms with van der Waals surface area (Å²) in [6.45, 7) is -0.259. The minimum Gasteiger partial charge on any atom is -0.461 e. The van der Waals surface area contributed by atoms with Gasteiger partial charge >= 0.3 is 5.97 Å². The summed E-state index contributed by atoms with van der Waals surface area (Å²) in [6.07, 6.45) is 1.40. The van der Waals surface area contributed by atoms with Crippen LogP contribution in [0.3, 0.4) is 0 Å². The SMILES string of the molecule is N[C@H]1CC[C@H]1C(=O)OCc1cc([N+](=O)[O-])cc([N+](=O)[O-])c1. The maximum absolute atomic E-state index is 11.7. The number of nitro groups is 2. The molecule has 2 N–H and O–H groups in total. The van der Waals surface area contributed by atoms with Crippen LogP contribution in [0.15, 0.2) is 18.2 Å². The third kappa shape index (κ3) is 3.31. The summed E-state index contributed by atoms with van der Waals surface area (Å²) in [7, 11) is 0. The molecule has 0 radical (unpaired) electrons. The van der Waals surface area contributed by atoms with E-state index >= 15 is 0 Å². The van der Waals surface area contributed by atoms with Gasteiger partial charge in [-0.2, -0.15) is 0 Å². The minimum atomic E-state index is -0.736. The number of carbonyl (C=O) groups is 1. The second kappa shape index (κ2) is 5.83. The number of hydrogen-bond donors (Lipinski definition) is 1. The molecule has 0 unspecified atom stereocenters. The van der Waals surface area contributed by atoms with E-state index in [1.54, 1.807) is 0 Å². The smallest absolute Gasteiger partial charge is 0.310 e. The molecule has 0 saturated heterocycles. The van der Waals surface area contributed by atoms with Gasteiger partial charge < -0.3 is 10.5 Å². The summed E-state index contributed by atoms with van der Waals surface area (Å²) in [5.74, 6) is -0.846. The van der Waals surface area contributed by atoms with Gasteiger partial charge in [0.05, 0.1) is 21.8 Å². The zero-order valence-corrected chi connectivity index (χ0v) is 10.9. The third-order valence-corrected chi connectivity index (χ3v) is 3.40. The van der Waals surface area contributed by atoms with Crippen molar-refractivity contribution in [2.45, 2.75) is 25.5 Å². The lowest BCUT2D eigenvalue weighted by Gasteiger charge is -2.31. The monoisotopic (exact) mass is 295 g/mol. The van der Waals surface area contributed by atoms with Crippen molar-refractivity contribution in [3.63, 3.8) is 0 Å². The van der Waals surface area contributed by atoms with E-state index in [2.05, 4.69) is 0 Å². The van der Waals surface area contributed by atoms with Crippen molar-refractivity contribution in [3.8, 4) is 0 Å². The lowest BCUT2D eigenvalue weighted by Crippen LogP contribution is -2.44. The van der Waals surface area contributed by atoms with Gasteiger partial charge in [0.2, 0.25) is 0 Å². The van der Waals surface area contributed by atoms with Crippen LogP contribution in [0, 0.1) is 26.1 Å². The molecular formula is C12H13N3O6. The molecule has 1 fully saturated rings. The van der Waals surface area contributed by atoms with Crippen LogP contribution in [-0.2, 0) is 16.1 Å². The Balaban J connectivity index is 2.10. The van der Waals surface area contributed by atoms with E-state index in [0.717, 1.165) is 24.6 Å². The number of nitrogens with zero attached hydrogens (tertiary/aromatic N) is 2. The molecule has 0 heterocycles. The minimum absolute atomic E-state index is 0.192. The predicted octanol–water partition coefficient (Wildman–Crippen LogP) is 1.28. The van der Waals surface area contributed by atoms with E-state index in [1.165, 1.54) is 0 Å². The van der Waals surface area contributed by atoms with Gasteiger partial charge in [-0.3, -0.25) is 25.0 Å². The number of rotatable bonds is 5. The van der Waals surface area contributed by atoms with E-state index in [4.69, 9.17) is 10.5 Å². The van der Waals surface area contributed by atoms with E-state index in [0.29, 0.717) is 6.42 Å². The Hall–Kier alpha value is -2.55. The number of nitro benzene ring substituents is 2. The van der Waals surface area contributed by atoms with Crippen molar-refractivity contribution in [2.24, 2.45) is 11.7 Å². The quantitative estimate of drug-likeness (QED) is 0.490. The molecule has 0 bridgehead atoms. The highest BCUT2D eigenvalue weighted by atomic mass is 16.6. The molecule has 1 aliphatic carbocycles. The zero-order chi connectivity index (χ0) is 15.6. The summed E-state index contributed by atoms with van der Waals surface area (Å²) in [6, 6.07) is 2.91. The molecule has 9 nitrogen and oxygen atoms in total. The van der Waals surface area contributed by atoms with Crippen molar-refractivity contribution >= 4 is 17.3 Å². The van der Waals surface area contributed by atoms with E-state index in [1.807, 2.05) is 0 Å². The summed E-state index contributed by atoms with van der Waals surface area (Å²) in [4.78, 5) is 31.7. The van der Waals surface area contributed by atoms with Gasteiger partial charge in [-0.1, -0.05) is 0 Å². The van der Waals surface area contributed by atoms with Crippen LogP contribution in [-0.4, -0.2) is 21.9 Å². The Morgan fingerprint density at radius 2 is 1.76 bits per heavy atom. The average molecular weight is 295 g/mol. The van der Waals surface area contributed by atoms with Crippen LogP contribution >= 0.6 is 0 Å². The molecule has 0 spiro atoms. The highest BCUT2D eigenvalue weighted by Gasteiger charge is 2.35. The van der Waals surface area contributed by atoms with Gasteiger partial charge in [-0.15, -0.1) is 0 Å². The van der Waals surface area contributed by atoms with E-state index in [-0.39, 0.29) is 24.1 Å². The molecule has 0 amide bonds. The second-order valence-electron chi connectivity index (χ2n) is 4.83. The molecule has 1 aromatic rings. The summed E-state index contributed by atoms with van der Waals surface area (Å²) in [5.41, 5.74) is 4.99. The Kier molecular flexibility index (Phi) is 4.13. The topological polar surface area (TPSA) is 139 Å². The van der Waals surface area contributed by atoms with Crippen LogP contribution in [0.4, 0.5) is 11.4 Å². The largest absolute Gasteiger partial charge is 0.461 e. The van der Waals surface area contributed by atoms with E-state index in [9.17, 15) is 25.0 Å². The lowest BCUT2D eigenvalue weighted by molar-refractivity contribution is -0.394. The maximum atomic E-state index is 11.7. The first kappa shape index (κ1) is 14.9. The number of esters is 1. The van der Waals surface area contributed by atoms with Crippen molar-refractivity contribution in [3.05, 3.63) is 44.0 Å². The molecule has 1 aliphatic rings. The van der Waals surface area contributed by atoms with Crippen molar-refractivity contribution in [1.82, 2.24) is 0 Å². The van der Waals surface area contributed by atoms with Crippen LogP contribution in [0.2, 0.25) is 0 Å². The summed E-state index contributed by atoms with van der Waals surface area (Å²) in [5, 5.41) is 21.5. The normalized spacial score (nSPS) is 20.4. The van der Waals surface area contributed by atoms with Crippen LogP contribution < -0.4 is 5.73 Å². The molecule has 9 heteroatoms. The van der Waals surface area contributed by atoms with Gasteiger partial charge in [0.25, 0.3) is 11.4 Å². The summed E-state index contributed by atoms with van der Waals surface area (Å²) >= 11 is 0. The Labute approximate surface area is 119 Å². The Bertz CT molecular complexity index is 570. The molecular weight excluding hydrogens is 282 g/mol. The fourth-order valence-corrected chi connectivity index (χ4v) is 2.03. The van der Waals surface area contributed by atoms with Crippen molar-refractivity contribution in [2.75, 3.05) is 0 Å². The van der Waals surface area contributed by atoms with Crippen LogP contribution in [0.1, 0.15) is 18.4 Å². The highest BCUT2D eigenvalue weighted by molar-refractivity contribution is 5.74. The highest BCUT2D eigenvalue weighted by Crippen LogP contribution is 2.28. The average Bonchev–Trinajstić information content (AvgIpc) is 2.43. The number of non-ortho nitro benzene ring substituents is 2. The lowest BCUT2D eigenvalue weighted by atomic mass is 9.80. The molecule has 0 aliphatic heterocycles. The molecule has 1 aromatic carbocycles. The Morgan fingerprint density at radius 3 is 2.14 bits per heavy atom. The first-order valence-electron chi connectivity index (χ1n) is 6.23.